The molecule has 0 fully saturated rings. The predicted octanol–water partition coefficient (Wildman–Crippen LogP) is 0.127. The third-order valence-corrected chi connectivity index (χ3v) is 1.07. The lowest BCUT2D eigenvalue weighted by molar-refractivity contribution is -0.153. The third kappa shape index (κ3) is 2.52. The lowest BCUT2D eigenvalue weighted by atomic mass is 10.1. The van der Waals surface area contributed by atoms with Crippen molar-refractivity contribution in [2.75, 3.05) is 0 Å². The number of nitrogens with one attached hydrogen (secondary N) is 1. The summed E-state index contributed by atoms with van der Waals surface area (Å²) in [6, 6.07) is -0.470. The Morgan fingerprint density at radius 3 is 2.42 bits per heavy atom. The van der Waals surface area contributed by atoms with E-state index in [0.717, 1.165) is 0 Å². The first kappa shape index (κ1) is 10.3. The van der Waals surface area contributed by atoms with Crippen LogP contribution in [0.25, 0.3) is 0 Å². The molecule has 0 amide bonds. The summed E-state index contributed by atoms with van der Waals surface area (Å²) in [5, 5.41) is 14.3. The molecule has 0 rings (SSSR count). The van der Waals surface area contributed by atoms with Crippen LogP contribution in [-0.4, -0.2) is 22.7 Å². The summed E-state index contributed by atoms with van der Waals surface area (Å²) in [7, 11) is 0. The zero-order chi connectivity index (χ0) is 9.78. The lowest BCUT2D eigenvalue weighted by Gasteiger charge is -2.18. The number of hydrogen-bond donors (Lipinski definition) is 3. The molecule has 0 aliphatic heterocycles. The molecule has 7 nitrogen and oxygen atoms in total. The van der Waals surface area contributed by atoms with Gasteiger partial charge in [0.1, 0.15) is 0 Å². The van der Waals surface area contributed by atoms with Gasteiger partial charge in [-0.05, 0) is 13.8 Å². The van der Waals surface area contributed by atoms with Crippen LogP contribution in [0.1, 0.15) is 13.8 Å². The van der Waals surface area contributed by atoms with Crippen molar-refractivity contribution in [3.63, 3.8) is 0 Å². The number of rotatable bonds is 2. The molecular weight excluding hydrogens is 164 g/mol. The van der Waals surface area contributed by atoms with Gasteiger partial charge < -0.3 is 15.7 Å². The topological polar surface area (TPSA) is 121 Å². The van der Waals surface area contributed by atoms with Crippen molar-refractivity contribution in [1.29, 1.82) is 5.53 Å². The highest BCUT2D eigenvalue weighted by Gasteiger charge is 2.30. The quantitative estimate of drug-likeness (QED) is 0.181. The van der Waals surface area contributed by atoms with Crippen LogP contribution in [0.2, 0.25) is 0 Å². The van der Waals surface area contributed by atoms with Gasteiger partial charge in [-0.2, -0.15) is 5.53 Å². The van der Waals surface area contributed by atoms with Gasteiger partial charge in [0.15, 0.2) is 0 Å². The second-order valence-electron chi connectivity index (χ2n) is 2.44. The first-order chi connectivity index (χ1) is 5.44. The van der Waals surface area contributed by atoms with E-state index in [2.05, 4.69) is 15.0 Å². The van der Waals surface area contributed by atoms with E-state index >= 15 is 0 Å². The molecule has 0 saturated heterocycles. The number of amidine groups is 1. The second kappa shape index (κ2) is 3.65. The normalized spacial score (nSPS) is 12.3. The largest absolute Gasteiger partial charge is 0.478 e. The highest BCUT2D eigenvalue weighted by Crippen LogP contribution is 2.09. The highest BCUT2D eigenvalue weighted by molar-refractivity contribution is 5.82. The fourth-order valence-corrected chi connectivity index (χ4v) is 0.350. The molecule has 0 atom stereocenters. The maximum absolute atomic E-state index is 10.5. The van der Waals surface area contributed by atoms with Gasteiger partial charge in [0, 0.05) is 0 Å². The first-order valence-electron chi connectivity index (χ1n) is 3.01. The Labute approximate surface area is 68.7 Å². The van der Waals surface area contributed by atoms with Gasteiger partial charge in [-0.25, -0.2) is 4.79 Å². The first-order valence-corrected chi connectivity index (χ1v) is 3.01. The zero-order valence-corrected chi connectivity index (χ0v) is 6.74. The maximum Gasteiger partial charge on any atom is 0.352 e. The van der Waals surface area contributed by atoms with Crippen molar-refractivity contribution in [3.05, 3.63) is 0 Å². The van der Waals surface area contributed by atoms with E-state index in [9.17, 15) is 4.79 Å². The van der Waals surface area contributed by atoms with Crippen LogP contribution < -0.4 is 5.84 Å². The number of hydrogen-bond acceptors (Lipinski definition) is 5. The van der Waals surface area contributed by atoms with Crippen molar-refractivity contribution < 1.29 is 14.6 Å². The van der Waals surface area contributed by atoms with Gasteiger partial charge in [0.25, 0.3) is 0 Å². The molecule has 68 valence electrons. The molecule has 0 aromatic heterocycles. The molecule has 0 radical (unpaired) electrons. The van der Waals surface area contributed by atoms with Gasteiger partial charge in [0.05, 0.1) is 0 Å². The Kier molecular flexibility index (Phi) is 3.15. The molecule has 0 aliphatic carbocycles. The summed E-state index contributed by atoms with van der Waals surface area (Å²) in [4.78, 5) is 10.5. The molecule has 12 heavy (non-hydrogen) atoms. The average Bonchev–Trinajstić information content (AvgIpc) is 2.00. The number of carboxylic acid groups (broad SMARTS) is 1. The number of aliphatic carboxylic acids is 1. The van der Waals surface area contributed by atoms with Crippen LogP contribution in [0.4, 0.5) is 0 Å². The summed E-state index contributed by atoms with van der Waals surface area (Å²) >= 11 is 0. The van der Waals surface area contributed by atoms with Gasteiger partial charge in [-0.1, -0.05) is 5.11 Å². The highest BCUT2D eigenvalue weighted by atomic mass is 16.5. The summed E-state index contributed by atoms with van der Waals surface area (Å²) in [6.07, 6.45) is 0. The molecule has 0 bridgehead atoms. The number of hydrazone groups is 1. The minimum Gasteiger partial charge on any atom is -0.478 e. The lowest BCUT2D eigenvalue weighted by Crippen LogP contribution is -2.36. The molecule has 0 unspecified atom stereocenters. The number of carbonyl (C=O) groups is 1. The zero-order valence-electron chi connectivity index (χ0n) is 6.74. The molecule has 0 aromatic rings. The maximum atomic E-state index is 10.5. The number of nitrogens with two attached hydrogens (primary N) is 1. The van der Waals surface area contributed by atoms with Crippen molar-refractivity contribution in [1.82, 2.24) is 0 Å². The van der Waals surface area contributed by atoms with Crippen LogP contribution in [0.3, 0.4) is 0 Å². The van der Waals surface area contributed by atoms with E-state index in [1.165, 1.54) is 13.8 Å². The molecule has 0 aliphatic rings. The SMILES string of the molecule is CC(C)(OC(N=N)=NN)C(=O)O. The molecular formula is C5H10N4O3. The molecule has 4 N–H and O–H groups in total. The minimum absolute atomic E-state index is 0.470. The van der Waals surface area contributed by atoms with E-state index in [-0.39, 0.29) is 0 Å². The van der Waals surface area contributed by atoms with Gasteiger partial charge in [-0.15, -0.1) is 5.10 Å². The van der Waals surface area contributed by atoms with E-state index in [4.69, 9.17) is 16.5 Å². The van der Waals surface area contributed by atoms with Gasteiger partial charge in [-0.3, -0.25) is 0 Å². The molecule has 0 spiro atoms. The average molecular weight is 174 g/mol. The number of carboxylic acids is 1. The second-order valence-corrected chi connectivity index (χ2v) is 2.44. The Morgan fingerprint density at radius 1 is 1.67 bits per heavy atom. The predicted molar refractivity (Wildman–Crippen MR) is 39.6 cm³/mol. The van der Waals surface area contributed by atoms with E-state index < -0.39 is 17.6 Å². The standard InChI is InChI=1S/C5H10N4O3/c1-5(2,3(10)11)12-4(8-6)9-7/h6H,7H2,1-2H3,(H,10,11). The van der Waals surface area contributed by atoms with E-state index in [1.807, 2.05) is 0 Å². The fourth-order valence-electron chi connectivity index (χ4n) is 0.350. The van der Waals surface area contributed by atoms with Crippen molar-refractivity contribution in [2.45, 2.75) is 19.4 Å². The molecule has 0 heterocycles. The number of ether oxygens (including phenoxy) is 1. The van der Waals surface area contributed by atoms with Gasteiger partial charge >= 0.3 is 12.0 Å². The number of nitrogens with zero attached hydrogens (tertiary/aromatic N) is 2. The third-order valence-electron chi connectivity index (χ3n) is 1.07. The summed E-state index contributed by atoms with van der Waals surface area (Å²) in [5.41, 5.74) is 4.99. The van der Waals surface area contributed by atoms with Crippen LogP contribution in [-0.2, 0) is 9.53 Å². The monoisotopic (exact) mass is 174 g/mol. The van der Waals surface area contributed by atoms with E-state index in [1.54, 1.807) is 0 Å². The van der Waals surface area contributed by atoms with E-state index in [0.29, 0.717) is 0 Å². The molecule has 0 saturated carbocycles. The van der Waals surface area contributed by atoms with Crippen LogP contribution in [0, 0.1) is 5.53 Å². The fraction of sp³-hybridized carbons (Fsp3) is 0.600. The van der Waals surface area contributed by atoms with Crippen LogP contribution in [0.5, 0.6) is 0 Å². The van der Waals surface area contributed by atoms with Crippen molar-refractivity contribution >= 4 is 12.0 Å². The van der Waals surface area contributed by atoms with Crippen molar-refractivity contribution in [2.24, 2.45) is 16.1 Å². The van der Waals surface area contributed by atoms with Crippen LogP contribution >= 0.6 is 0 Å². The summed E-state index contributed by atoms with van der Waals surface area (Å²) in [6.45, 7) is 2.59. The van der Waals surface area contributed by atoms with Gasteiger partial charge in [0.2, 0.25) is 5.60 Å². The Morgan fingerprint density at radius 2 is 2.17 bits per heavy atom. The minimum atomic E-state index is -1.48. The smallest absolute Gasteiger partial charge is 0.352 e. The van der Waals surface area contributed by atoms with Crippen molar-refractivity contribution in [3.8, 4) is 0 Å². The summed E-state index contributed by atoms with van der Waals surface area (Å²) < 4.78 is 4.67. The molecule has 0 aromatic carbocycles. The Bertz CT molecular complexity index is 223. The molecule has 7 heteroatoms. The Balaban J connectivity index is 4.43. The van der Waals surface area contributed by atoms with Crippen LogP contribution in [0.15, 0.2) is 10.2 Å². The summed E-state index contributed by atoms with van der Waals surface area (Å²) in [5.74, 6) is 3.56. The Hall–Kier alpha value is -1.66.